The summed E-state index contributed by atoms with van der Waals surface area (Å²) in [4.78, 5) is 32.8. The summed E-state index contributed by atoms with van der Waals surface area (Å²) >= 11 is 9.44. The molecular weight excluding hydrogens is 456 g/mol. The van der Waals surface area contributed by atoms with Crippen LogP contribution in [0.1, 0.15) is 37.3 Å². The zero-order valence-corrected chi connectivity index (χ0v) is 17.8. The van der Waals surface area contributed by atoms with Crippen molar-refractivity contribution in [2.75, 3.05) is 4.90 Å². The quantitative estimate of drug-likeness (QED) is 0.616. The third-order valence-corrected chi connectivity index (χ3v) is 6.66. The number of halogens is 2. The molecule has 0 spiro atoms. The van der Waals surface area contributed by atoms with Gasteiger partial charge in [0.1, 0.15) is 11.9 Å². The first-order chi connectivity index (χ1) is 14.0. The third kappa shape index (κ3) is 3.09. The lowest BCUT2D eigenvalue weighted by molar-refractivity contribution is -0.131. The van der Waals surface area contributed by atoms with Crippen molar-refractivity contribution in [3.05, 3.63) is 69.0 Å². The van der Waals surface area contributed by atoms with Crippen LogP contribution in [0.4, 0.5) is 5.82 Å². The molecule has 1 aliphatic carbocycles. The Hall–Kier alpha value is -2.18. The van der Waals surface area contributed by atoms with Crippen molar-refractivity contribution < 1.29 is 14.3 Å². The van der Waals surface area contributed by atoms with E-state index in [0.717, 1.165) is 35.7 Å². The number of fused-ring (bicyclic) bond motifs is 1. The molecule has 1 aromatic carbocycles. The van der Waals surface area contributed by atoms with E-state index in [-0.39, 0.29) is 29.5 Å². The highest BCUT2D eigenvalue weighted by molar-refractivity contribution is 9.10. The highest BCUT2D eigenvalue weighted by atomic mass is 79.9. The molecule has 29 heavy (non-hydrogen) atoms. The van der Waals surface area contributed by atoms with Gasteiger partial charge in [-0.05, 0) is 49.1 Å². The predicted octanol–water partition coefficient (Wildman–Crippen LogP) is 5.00. The normalized spacial score (nSPS) is 26.3. The van der Waals surface area contributed by atoms with Gasteiger partial charge in [-0.25, -0.2) is 4.98 Å². The number of nitrogens with zero attached hydrogens (tertiary/aromatic N) is 2. The van der Waals surface area contributed by atoms with E-state index < -0.39 is 6.04 Å². The molecule has 3 atom stereocenters. The van der Waals surface area contributed by atoms with E-state index in [1.54, 1.807) is 17.0 Å². The topological polar surface area (TPSA) is 59.5 Å². The smallest absolute Gasteiger partial charge is 0.295 e. The molecule has 3 heterocycles. The van der Waals surface area contributed by atoms with Crippen LogP contribution < -0.4 is 4.90 Å². The molecule has 1 amide bonds. The van der Waals surface area contributed by atoms with Crippen LogP contribution in [-0.4, -0.2) is 22.8 Å². The fraction of sp³-hybridized carbons (Fsp3) is 0.318. The first-order valence-electron chi connectivity index (χ1n) is 9.70. The molecule has 3 aliphatic rings. The average molecular weight is 474 g/mol. The van der Waals surface area contributed by atoms with Crippen LogP contribution in [-0.2, 0) is 14.3 Å². The number of carbonyl (C=O) groups is 2. The fourth-order valence-electron chi connectivity index (χ4n) is 4.55. The first-order valence-corrected chi connectivity index (χ1v) is 10.9. The lowest BCUT2D eigenvalue weighted by atomic mass is 9.77. The second kappa shape index (κ2) is 7.26. The Balaban J connectivity index is 1.65. The van der Waals surface area contributed by atoms with Crippen molar-refractivity contribution in [1.29, 1.82) is 0 Å². The number of aromatic nitrogens is 1. The van der Waals surface area contributed by atoms with Gasteiger partial charge in [0, 0.05) is 10.7 Å². The van der Waals surface area contributed by atoms with E-state index in [1.165, 1.54) is 6.20 Å². The van der Waals surface area contributed by atoms with Gasteiger partial charge in [0.05, 0.1) is 22.6 Å². The number of hydrogen-bond donors (Lipinski definition) is 0. The number of pyridine rings is 1. The Kier molecular flexibility index (Phi) is 4.71. The van der Waals surface area contributed by atoms with Crippen LogP contribution in [0.5, 0.6) is 0 Å². The number of rotatable bonds is 2. The van der Waals surface area contributed by atoms with Crippen LogP contribution in [0.25, 0.3) is 0 Å². The molecule has 3 unspecified atom stereocenters. The molecule has 1 aromatic heterocycles. The summed E-state index contributed by atoms with van der Waals surface area (Å²) in [5.74, 6) is 0.170. The monoisotopic (exact) mass is 472 g/mol. The van der Waals surface area contributed by atoms with Gasteiger partial charge >= 0.3 is 0 Å². The van der Waals surface area contributed by atoms with Gasteiger partial charge in [-0.3, -0.25) is 14.5 Å². The molecule has 2 aliphatic heterocycles. The summed E-state index contributed by atoms with van der Waals surface area (Å²) in [5.41, 5.74) is 1.30. The largest absolute Gasteiger partial charge is 0.483 e. The lowest BCUT2D eigenvalue weighted by Gasteiger charge is -2.35. The molecule has 0 N–H and O–H groups in total. The highest BCUT2D eigenvalue weighted by Crippen LogP contribution is 2.48. The molecule has 0 radical (unpaired) electrons. The van der Waals surface area contributed by atoms with E-state index in [0.29, 0.717) is 16.4 Å². The maximum absolute atomic E-state index is 13.5. The van der Waals surface area contributed by atoms with E-state index >= 15 is 0 Å². The highest BCUT2D eigenvalue weighted by Gasteiger charge is 2.52. The Morgan fingerprint density at radius 1 is 1.07 bits per heavy atom. The average Bonchev–Trinajstić information content (AvgIpc) is 3.02. The van der Waals surface area contributed by atoms with Gasteiger partial charge < -0.3 is 4.74 Å². The molecule has 1 saturated carbocycles. The molecule has 5 rings (SSSR count). The van der Waals surface area contributed by atoms with Gasteiger partial charge in [-0.2, -0.15) is 0 Å². The number of ether oxygens (including phenoxy) is 1. The zero-order valence-electron chi connectivity index (χ0n) is 15.5. The minimum atomic E-state index is -0.561. The van der Waals surface area contributed by atoms with Gasteiger partial charge in [-0.15, -0.1) is 0 Å². The minimum Gasteiger partial charge on any atom is -0.483 e. The van der Waals surface area contributed by atoms with Crippen LogP contribution in [0.15, 0.2) is 58.4 Å². The molecule has 148 valence electrons. The summed E-state index contributed by atoms with van der Waals surface area (Å²) in [6.07, 6.45) is 4.94. The minimum absolute atomic E-state index is 0.0358. The maximum atomic E-state index is 13.5. The van der Waals surface area contributed by atoms with Crippen LogP contribution >= 0.6 is 27.5 Å². The van der Waals surface area contributed by atoms with Crippen LogP contribution in [0, 0.1) is 5.92 Å². The summed E-state index contributed by atoms with van der Waals surface area (Å²) in [7, 11) is 0. The van der Waals surface area contributed by atoms with Gasteiger partial charge in [0.2, 0.25) is 0 Å². The Labute approximate surface area is 181 Å². The number of anilines is 1. The first kappa shape index (κ1) is 18.8. The summed E-state index contributed by atoms with van der Waals surface area (Å²) in [6.45, 7) is 0. The number of hydrogen-bond acceptors (Lipinski definition) is 4. The summed E-state index contributed by atoms with van der Waals surface area (Å²) in [5, 5.41) is 0.483. The van der Waals surface area contributed by atoms with Crippen molar-refractivity contribution in [2.45, 2.75) is 37.8 Å². The standard InChI is InChI=1S/C22H18BrClN2O3/c23-13-7-5-12(6-8-13)19-18-20(27)15-3-1-2-4-16(15)29-21(18)22(28)26(19)17-10-9-14(24)11-25-17/h5-11,15-16,19H,1-4H2. The SMILES string of the molecule is O=C1C2=C(OC3CCCCC13)C(=O)N(c1ccc(Cl)cn1)C2c1ccc(Br)cc1. The van der Waals surface area contributed by atoms with Crippen molar-refractivity contribution >= 4 is 45.0 Å². The molecule has 0 saturated heterocycles. The number of Topliss-reactive ketones (excluding diaryl/α,β-unsaturated/α-hetero) is 1. The van der Waals surface area contributed by atoms with E-state index in [1.807, 2.05) is 24.3 Å². The Morgan fingerprint density at radius 3 is 2.55 bits per heavy atom. The van der Waals surface area contributed by atoms with E-state index in [2.05, 4.69) is 20.9 Å². The zero-order chi connectivity index (χ0) is 20.1. The lowest BCUT2D eigenvalue weighted by Crippen LogP contribution is -2.39. The molecule has 5 nitrogen and oxygen atoms in total. The second-order valence-electron chi connectivity index (χ2n) is 7.62. The van der Waals surface area contributed by atoms with E-state index in [9.17, 15) is 9.59 Å². The fourth-order valence-corrected chi connectivity index (χ4v) is 4.93. The molecule has 2 aromatic rings. The molecule has 0 bridgehead atoms. The number of benzene rings is 1. The molecular formula is C22H18BrClN2O3. The number of amides is 1. The molecule has 7 heteroatoms. The number of ketones is 1. The Bertz CT molecular complexity index is 1020. The van der Waals surface area contributed by atoms with Crippen molar-refractivity contribution in [3.8, 4) is 0 Å². The summed E-state index contributed by atoms with van der Waals surface area (Å²) < 4.78 is 7.08. The second-order valence-corrected chi connectivity index (χ2v) is 8.97. The third-order valence-electron chi connectivity index (χ3n) is 5.91. The van der Waals surface area contributed by atoms with Gasteiger partial charge in [-0.1, -0.05) is 46.1 Å². The van der Waals surface area contributed by atoms with Crippen molar-refractivity contribution in [1.82, 2.24) is 4.98 Å². The van der Waals surface area contributed by atoms with Gasteiger partial charge in [0.15, 0.2) is 11.5 Å². The predicted molar refractivity (Wildman–Crippen MR) is 112 cm³/mol. The molecule has 1 fully saturated rings. The van der Waals surface area contributed by atoms with Crippen LogP contribution in [0.3, 0.4) is 0 Å². The van der Waals surface area contributed by atoms with Gasteiger partial charge in [0.25, 0.3) is 5.91 Å². The maximum Gasteiger partial charge on any atom is 0.295 e. The summed E-state index contributed by atoms with van der Waals surface area (Å²) in [6, 6.07) is 10.5. The Morgan fingerprint density at radius 2 is 1.83 bits per heavy atom. The van der Waals surface area contributed by atoms with Crippen molar-refractivity contribution in [3.63, 3.8) is 0 Å². The van der Waals surface area contributed by atoms with Crippen molar-refractivity contribution in [2.24, 2.45) is 5.92 Å². The van der Waals surface area contributed by atoms with E-state index in [4.69, 9.17) is 16.3 Å². The van der Waals surface area contributed by atoms with Crippen LogP contribution in [0.2, 0.25) is 5.02 Å². The number of carbonyl (C=O) groups excluding carboxylic acids is 2.